The molecule has 2 atom stereocenters. The normalized spacial score (nSPS) is 14.9. The number of nitrogens with zero attached hydrogens (tertiary/aromatic N) is 1. The van der Waals surface area contributed by atoms with Gasteiger partial charge in [-0.2, -0.15) is 0 Å². The van der Waals surface area contributed by atoms with Gasteiger partial charge in [0.15, 0.2) is 0 Å². The Balaban J connectivity index is 2.86. The van der Waals surface area contributed by atoms with Crippen LogP contribution in [0, 0.1) is 6.92 Å². The Bertz CT molecular complexity index is 307. The van der Waals surface area contributed by atoms with E-state index < -0.39 is 0 Å². The van der Waals surface area contributed by atoms with Crippen LogP contribution >= 0.6 is 0 Å². The van der Waals surface area contributed by atoms with Crippen molar-refractivity contribution in [1.82, 2.24) is 4.98 Å². The predicted octanol–water partition coefficient (Wildman–Crippen LogP) is 1.40. The highest BCUT2D eigenvalue weighted by Gasteiger charge is 2.15. The Morgan fingerprint density at radius 1 is 1.53 bits per heavy atom. The first-order chi connectivity index (χ1) is 7.06. The van der Waals surface area contributed by atoms with Gasteiger partial charge in [0, 0.05) is 24.9 Å². The van der Waals surface area contributed by atoms with Crippen LogP contribution in [-0.4, -0.2) is 18.2 Å². The molecule has 1 rings (SSSR count). The molecule has 15 heavy (non-hydrogen) atoms. The average Bonchev–Trinajstić information content (AvgIpc) is 2.17. The third-order valence-electron chi connectivity index (χ3n) is 2.60. The number of nitrogens with two attached hydrogens (primary N) is 2. The lowest BCUT2D eigenvalue weighted by atomic mass is 9.98. The number of rotatable bonds is 4. The van der Waals surface area contributed by atoms with Crippen LogP contribution in [0.25, 0.3) is 0 Å². The fraction of sp³-hybridized carbons (Fsp3) is 0.545. The molecule has 1 heterocycles. The summed E-state index contributed by atoms with van der Waals surface area (Å²) in [6.45, 7) is 3.98. The van der Waals surface area contributed by atoms with Crippen LogP contribution in [0.5, 0.6) is 0 Å². The van der Waals surface area contributed by atoms with E-state index >= 15 is 0 Å². The van der Waals surface area contributed by atoms with E-state index in [1.807, 2.05) is 19.9 Å². The summed E-state index contributed by atoms with van der Waals surface area (Å²) in [6.07, 6.45) is 2.56. The number of hydrogen-bond donors (Lipinski definition) is 2. The third-order valence-corrected chi connectivity index (χ3v) is 2.60. The summed E-state index contributed by atoms with van der Waals surface area (Å²) >= 11 is 0. The molecular formula is C11H19N3O. The lowest BCUT2D eigenvalue weighted by Crippen LogP contribution is -2.20. The molecule has 1 aromatic heterocycles. The number of aryl methyl sites for hydroxylation is 1. The number of nitrogen functional groups attached to an aromatic ring is 1. The van der Waals surface area contributed by atoms with Crippen molar-refractivity contribution in [3.63, 3.8) is 0 Å². The van der Waals surface area contributed by atoms with Gasteiger partial charge in [0.1, 0.15) is 5.82 Å². The summed E-state index contributed by atoms with van der Waals surface area (Å²) in [5.41, 5.74) is 13.9. The quantitative estimate of drug-likeness (QED) is 0.786. The van der Waals surface area contributed by atoms with Crippen LogP contribution in [-0.2, 0) is 4.74 Å². The minimum atomic E-state index is -0.117. The van der Waals surface area contributed by atoms with Gasteiger partial charge in [0.05, 0.1) is 6.10 Å². The van der Waals surface area contributed by atoms with Crippen molar-refractivity contribution in [2.24, 2.45) is 5.73 Å². The van der Waals surface area contributed by atoms with Gasteiger partial charge >= 0.3 is 0 Å². The average molecular weight is 209 g/mol. The summed E-state index contributed by atoms with van der Waals surface area (Å²) in [4.78, 5) is 4.05. The number of anilines is 1. The fourth-order valence-electron chi connectivity index (χ4n) is 1.64. The van der Waals surface area contributed by atoms with E-state index in [2.05, 4.69) is 4.98 Å². The fourth-order valence-corrected chi connectivity index (χ4v) is 1.64. The zero-order chi connectivity index (χ0) is 11.4. The van der Waals surface area contributed by atoms with Gasteiger partial charge in [-0.25, -0.2) is 4.98 Å². The second-order valence-electron chi connectivity index (χ2n) is 3.82. The predicted molar refractivity (Wildman–Crippen MR) is 61.4 cm³/mol. The molecular weight excluding hydrogens is 190 g/mol. The minimum Gasteiger partial charge on any atom is -0.383 e. The second kappa shape index (κ2) is 5.09. The van der Waals surface area contributed by atoms with Crippen molar-refractivity contribution < 1.29 is 4.74 Å². The summed E-state index contributed by atoms with van der Waals surface area (Å²) in [5, 5.41) is 0. The molecule has 0 fully saturated rings. The van der Waals surface area contributed by atoms with Gasteiger partial charge in [0.25, 0.3) is 0 Å². The summed E-state index contributed by atoms with van der Waals surface area (Å²) in [6, 6.07) is 1.80. The molecule has 4 nitrogen and oxygen atoms in total. The lowest BCUT2D eigenvalue weighted by molar-refractivity contribution is 0.104. The Morgan fingerprint density at radius 2 is 2.20 bits per heavy atom. The molecule has 0 bridgehead atoms. The summed E-state index contributed by atoms with van der Waals surface area (Å²) in [7, 11) is 1.68. The van der Waals surface area contributed by atoms with E-state index in [4.69, 9.17) is 16.2 Å². The van der Waals surface area contributed by atoms with E-state index in [-0.39, 0.29) is 12.1 Å². The lowest BCUT2D eigenvalue weighted by Gasteiger charge is -2.19. The van der Waals surface area contributed by atoms with E-state index in [0.29, 0.717) is 5.82 Å². The first kappa shape index (κ1) is 11.9. The Kier molecular flexibility index (Phi) is 4.05. The van der Waals surface area contributed by atoms with Crippen LogP contribution < -0.4 is 11.5 Å². The Labute approximate surface area is 90.6 Å². The maximum absolute atomic E-state index is 6.07. The highest BCUT2D eigenvalue weighted by molar-refractivity contribution is 5.45. The van der Waals surface area contributed by atoms with Crippen LogP contribution in [0.1, 0.15) is 30.5 Å². The maximum atomic E-state index is 6.07. The smallest absolute Gasteiger partial charge is 0.128 e. The number of aromatic nitrogens is 1. The highest BCUT2D eigenvalue weighted by atomic mass is 16.5. The van der Waals surface area contributed by atoms with Crippen molar-refractivity contribution in [1.29, 1.82) is 0 Å². The van der Waals surface area contributed by atoms with Gasteiger partial charge in [-0.05, 0) is 31.9 Å². The van der Waals surface area contributed by atoms with Crippen LogP contribution in [0.15, 0.2) is 12.3 Å². The molecule has 1 aromatic rings. The van der Waals surface area contributed by atoms with Gasteiger partial charge in [0.2, 0.25) is 0 Å². The summed E-state index contributed by atoms with van der Waals surface area (Å²) in [5.74, 6) is 0.519. The van der Waals surface area contributed by atoms with Gasteiger partial charge in [-0.1, -0.05) is 0 Å². The largest absolute Gasteiger partial charge is 0.383 e. The van der Waals surface area contributed by atoms with E-state index in [1.54, 1.807) is 13.3 Å². The van der Waals surface area contributed by atoms with Crippen LogP contribution in [0.4, 0.5) is 5.82 Å². The molecule has 0 saturated carbocycles. The number of ether oxygens (including phenoxy) is 1. The minimum absolute atomic E-state index is 0.117. The SMILES string of the molecule is COC(C)CC(N)c1c(C)ccnc1N. The van der Waals surface area contributed by atoms with Crippen molar-refractivity contribution in [2.75, 3.05) is 12.8 Å². The zero-order valence-electron chi connectivity index (χ0n) is 9.53. The number of pyridine rings is 1. The van der Waals surface area contributed by atoms with Crippen molar-refractivity contribution in [3.05, 3.63) is 23.4 Å². The molecule has 0 aromatic carbocycles. The molecule has 0 spiro atoms. The molecule has 0 aliphatic carbocycles. The Hall–Kier alpha value is -1.13. The third kappa shape index (κ3) is 2.91. The van der Waals surface area contributed by atoms with Gasteiger partial charge in [-0.3, -0.25) is 0 Å². The van der Waals surface area contributed by atoms with Gasteiger partial charge < -0.3 is 16.2 Å². The molecule has 0 saturated heterocycles. The molecule has 0 aliphatic rings. The Morgan fingerprint density at radius 3 is 2.73 bits per heavy atom. The number of methoxy groups -OCH3 is 1. The maximum Gasteiger partial charge on any atom is 0.128 e. The number of hydrogen-bond acceptors (Lipinski definition) is 4. The van der Waals surface area contributed by atoms with E-state index in [1.165, 1.54) is 0 Å². The highest BCUT2D eigenvalue weighted by Crippen LogP contribution is 2.24. The molecule has 0 amide bonds. The first-order valence-corrected chi connectivity index (χ1v) is 5.05. The zero-order valence-corrected chi connectivity index (χ0v) is 9.53. The molecule has 2 unspecified atom stereocenters. The standard InChI is InChI=1S/C11H19N3O/c1-7-4-5-14-11(13)10(7)9(12)6-8(2)15-3/h4-5,8-9H,6,12H2,1-3H3,(H2,13,14). The first-order valence-electron chi connectivity index (χ1n) is 5.05. The van der Waals surface area contributed by atoms with Crippen LogP contribution in [0.3, 0.4) is 0 Å². The topological polar surface area (TPSA) is 74.2 Å². The molecule has 0 radical (unpaired) electrons. The molecule has 4 N–H and O–H groups in total. The van der Waals surface area contributed by atoms with E-state index in [0.717, 1.165) is 17.5 Å². The van der Waals surface area contributed by atoms with Crippen molar-refractivity contribution >= 4 is 5.82 Å². The van der Waals surface area contributed by atoms with E-state index in [9.17, 15) is 0 Å². The van der Waals surface area contributed by atoms with Gasteiger partial charge in [-0.15, -0.1) is 0 Å². The van der Waals surface area contributed by atoms with Crippen molar-refractivity contribution in [3.8, 4) is 0 Å². The molecule has 0 aliphatic heterocycles. The van der Waals surface area contributed by atoms with Crippen LogP contribution in [0.2, 0.25) is 0 Å². The molecule has 4 heteroatoms. The molecule has 84 valence electrons. The summed E-state index contributed by atoms with van der Waals surface area (Å²) < 4.78 is 5.18. The second-order valence-corrected chi connectivity index (χ2v) is 3.82. The van der Waals surface area contributed by atoms with Crippen molar-refractivity contribution in [2.45, 2.75) is 32.4 Å². The monoisotopic (exact) mass is 209 g/mol.